The van der Waals surface area contributed by atoms with Crippen LogP contribution in [0, 0.1) is 0 Å². The fraction of sp³-hybridized carbons (Fsp3) is 1.00. The zero-order chi connectivity index (χ0) is 8.12. The Kier molecular flexibility index (Phi) is 119. The van der Waals surface area contributed by atoms with E-state index in [1.54, 1.807) is 20.8 Å². The molecule has 0 spiro atoms. The SMILES string of the molecule is CCO.CCO.CCO.[Sc]. The molecule has 0 atom stereocenters. The van der Waals surface area contributed by atoms with Crippen molar-refractivity contribution < 1.29 is 41.2 Å². The van der Waals surface area contributed by atoms with Gasteiger partial charge in [0.25, 0.3) is 0 Å². The Morgan fingerprint density at radius 1 is 0.700 bits per heavy atom. The van der Waals surface area contributed by atoms with E-state index in [0.717, 1.165) is 0 Å². The van der Waals surface area contributed by atoms with Gasteiger partial charge in [0.1, 0.15) is 0 Å². The first-order chi connectivity index (χ1) is 4.24. The minimum absolute atomic E-state index is 0. The molecule has 0 aromatic rings. The summed E-state index contributed by atoms with van der Waals surface area (Å²) >= 11 is 0. The van der Waals surface area contributed by atoms with Crippen molar-refractivity contribution in [3.63, 3.8) is 0 Å². The molecule has 0 bridgehead atoms. The zero-order valence-electron chi connectivity index (χ0n) is 7.04. The maximum absolute atomic E-state index is 7.57. The number of aliphatic hydroxyl groups is 3. The molecule has 0 saturated heterocycles. The standard InChI is InChI=1S/3C2H6O.Sc/c3*1-2-3;/h3*3H,2H2,1H3;. The molecule has 0 aliphatic carbocycles. The predicted octanol–water partition coefficient (Wildman–Crippen LogP) is -0.00670. The van der Waals surface area contributed by atoms with Crippen LogP contribution in [0.1, 0.15) is 20.8 Å². The second-order valence-electron chi connectivity index (χ2n) is 0.949. The molecular weight excluding hydrogens is 165 g/mol. The van der Waals surface area contributed by atoms with Crippen LogP contribution in [-0.4, -0.2) is 35.1 Å². The molecule has 3 nitrogen and oxygen atoms in total. The third-order valence-corrected chi connectivity index (χ3v) is 0. The summed E-state index contributed by atoms with van der Waals surface area (Å²) in [6.45, 7) is 5.79. The first-order valence-electron chi connectivity index (χ1n) is 3.07. The molecule has 0 heterocycles. The molecular formula is C6H18O3Sc. The monoisotopic (exact) mass is 183 g/mol. The van der Waals surface area contributed by atoms with E-state index >= 15 is 0 Å². The quantitative estimate of drug-likeness (QED) is 0.495. The molecule has 4 heteroatoms. The molecule has 10 heavy (non-hydrogen) atoms. The number of hydrogen-bond acceptors (Lipinski definition) is 3. The predicted molar refractivity (Wildman–Crippen MR) is 38.3 cm³/mol. The molecule has 0 aromatic heterocycles. The Balaban J connectivity index is -0.0000000257. The van der Waals surface area contributed by atoms with Gasteiger partial charge in [-0.05, 0) is 20.8 Å². The molecule has 63 valence electrons. The Bertz CT molecular complexity index is 17.7. The van der Waals surface area contributed by atoms with E-state index in [9.17, 15) is 0 Å². The second kappa shape index (κ2) is 53.1. The molecule has 0 aliphatic rings. The average Bonchev–Trinajstić information content (AvgIpc) is 1.70. The van der Waals surface area contributed by atoms with Crippen molar-refractivity contribution in [1.82, 2.24) is 0 Å². The van der Waals surface area contributed by atoms with Crippen molar-refractivity contribution in [1.29, 1.82) is 0 Å². The average molecular weight is 183 g/mol. The van der Waals surface area contributed by atoms with E-state index < -0.39 is 0 Å². The van der Waals surface area contributed by atoms with Gasteiger partial charge in [0, 0.05) is 45.7 Å². The normalized spacial score (nSPS) is 5.40. The van der Waals surface area contributed by atoms with Gasteiger partial charge in [0.2, 0.25) is 0 Å². The van der Waals surface area contributed by atoms with Gasteiger partial charge in [-0.1, -0.05) is 0 Å². The molecule has 0 aliphatic heterocycles. The molecule has 0 saturated carbocycles. The van der Waals surface area contributed by atoms with Crippen molar-refractivity contribution in [2.45, 2.75) is 20.8 Å². The van der Waals surface area contributed by atoms with E-state index in [1.807, 2.05) is 0 Å². The van der Waals surface area contributed by atoms with Crippen molar-refractivity contribution in [2.24, 2.45) is 0 Å². The molecule has 0 rings (SSSR count). The first kappa shape index (κ1) is 22.4. The van der Waals surface area contributed by atoms with E-state index in [0.29, 0.717) is 0 Å². The third-order valence-electron chi connectivity index (χ3n) is 0. The van der Waals surface area contributed by atoms with Crippen LogP contribution < -0.4 is 0 Å². The van der Waals surface area contributed by atoms with Crippen molar-refractivity contribution in [2.75, 3.05) is 19.8 Å². The van der Waals surface area contributed by atoms with Crippen LogP contribution in [0.15, 0.2) is 0 Å². The van der Waals surface area contributed by atoms with Gasteiger partial charge < -0.3 is 15.3 Å². The van der Waals surface area contributed by atoms with Crippen LogP contribution in [0.4, 0.5) is 0 Å². The number of rotatable bonds is 0. The minimum atomic E-state index is 0. The summed E-state index contributed by atoms with van der Waals surface area (Å²) < 4.78 is 0. The van der Waals surface area contributed by atoms with Crippen LogP contribution in [0.25, 0.3) is 0 Å². The van der Waals surface area contributed by atoms with Crippen LogP contribution in [-0.2, 0) is 25.8 Å². The summed E-state index contributed by atoms with van der Waals surface area (Å²) in [5.41, 5.74) is 0. The maximum Gasteiger partial charge on any atom is 0.0402 e. The fourth-order valence-electron chi connectivity index (χ4n) is 0. The third kappa shape index (κ3) is 934. The van der Waals surface area contributed by atoms with E-state index in [-0.39, 0.29) is 45.7 Å². The zero-order valence-corrected chi connectivity index (χ0v) is 8.84. The summed E-state index contributed by atoms with van der Waals surface area (Å²) in [4.78, 5) is 0. The molecule has 0 amide bonds. The summed E-state index contributed by atoms with van der Waals surface area (Å²) in [5, 5.41) is 22.7. The molecule has 3 N–H and O–H groups in total. The molecule has 1 radical (unpaired) electrons. The molecule has 0 aromatic carbocycles. The van der Waals surface area contributed by atoms with Crippen LogP contribution in [0.3, 0.4) is 0 Å². The summed E-state index contributed by atoms with van der Waals surface area (Å²) in [5.74, 6) is 0. The van der Waals surface area contributed by atoms with Crippen LogP contribution in [0.5, 0.6) is 0 Å². The van der Waals surface area contributed by atoms with Gasteiger partial charge in [-0.25, -0.2) is 0 Å². The summed E-state index contributed by atoms with van der Waals surface area (Å²) in [6, 6.07) is 0. The smallest absolute Gasteiger partial charge is 0.0402 e. The van der Waals surface area contributed by atoms with Gasteiger partial charge in [0.15, 0.2) is 0 Å². The van der Waals surface area contributed by atoms with Gasteiger partial charge >= 0.3 is 0 Å². The Labute approximate surface area is 81.9 Å². The van der Waals surface area contributed by atoms with E-state index in [2.05, 4.69) is 0 Å². The minimum Gasteiger partial charge on any atom is -0.397 e. The fourth-order valence-corrected chi connectivity index (χ4v) is 0. The topological polar surface area (TPSA) is 60.7 Å². The van der Waals surface area contributed by atoms with Crippen LogP contribution >= 0.6 is 0 Å². The number of aliphatic hydroxyl groups excluding tert-OH is 3. The van der Waals surface area contributed by atoms with Crippen molar-refractivity contribution in [3.05, 3.63) is 0 Å². The first-order valence-corrected chi connectivity index (χ1v) is 3.07. The van der Waals surface area contributed by atoms with Crippen molar-refractivity contribution in [3.8, 4) is 0 Å². The van der Waals surface area contributed by atoms with Gasteiger partial charge in [-0.15, -0.1) is 0 Å². The van der Waals surface area contributed by atoms with E-state index in [1.165, 1.54) is 0 Å². The summed E-state index contributed by atoms with van der Waals surface area (Å²) in [6.07, 6.45) is 0. The Morgan fingerprint density at radius 3 is 0.700 bits per heavy atom. The maximum atomic E-state index is 7.57. The molecule has 0 unspecified atom stereocenters. The Hall–Kier alpha value is 0.750. The van der Waals surface area contributed by atoms with Gasteiger partial charge in [-0.2, -0.15) is 0 Å². The summed E-state index contributed by atoms with van der Waals surface area (Å²) in [7, 11) is 0. The van der Waals surface area contributed by atoms with Gasteiger partial charge in [0.05, 0.1) is 0 Å². The largest absolute Gasteiger partial charge is 0.397 e. The van der Waals surface area contributed by atoms with Gasteiger partial charge in [-0.3, -0.25) is 0 Å². The van der Waals surface area contributed by atoms with Crippen LogP contribution in [0.2, 0.25) is 0 Å². The van der Waals surface area contributed by atoms with Crippen molar-refractivity contribution >= 4 is 0 Å². The Morgan fingerprint density at radius 2 is 0.700 bits per heavy atom. The second-order valence-corrected chi connectivity index (χ2v) is 0.949. The van der Waals surface area contributed by atoms with E-state index in [4.69, 9.17) is 15.3 Å². The molecule has 0 fully saturated rings. The number of hydrogen-bond donors (Lipinski definition) is 3.